The molecule has 0 saturated heterocycles. The number of H-pyrrole nitrogens is 1. The zero-order valence-corrected chi connectivity index (χ0v) is 14.3. The van der Waals surface area contributed by atoms with Crippen molar-refractivity contribution in [1.82, 2.24) is 10.3 Å². The van der Waals surface area contributed by atoms with Gasteiger partial charge in [0.15, 0.2) is 0 Å². The van der Waals surface area contributed by atoms with Gasteiger partial charge in [0.1, 0.15) is 5.75 Å². The zero-order chi connectivity index (χ0) is 17.8. The molecule has 2 N–H and O–H groups in total. The highest BCUT2D eigenvalue weighted by Crippen LogP contribution is 2.14. The second-order valence-corrected chi connectivity index (χ2v) is 5.94. The lowest BCUT2D eigenvalue weighted by Gasteiger charge is -2.08. The number of aryl methyl sites for hydroxylation is 1. The lowest BCUT2D eigenvalue weighted by Crippen LogP contribution is -2.25. The van der Waals surface area contributed by atoms with E-state index in [4.69, 9.17) is 4.74 Å². The molecule has 1 amide bonds. The Morgan fingerprint density at radius 1 is 1.16 bits per heavy atom. The molecule has 0 aliphatic heterocycles. The minimum Gasteiger partial charge on any atom is -0.497 e. The summed E-state index contributed by atoms with van der Waals surface area (Å²) in [7, 11) is 1.58. The van der Waals surface area contributed by atoms with Gasteiger partial charge in [-0.15, -0.1) is 0 Å². The Labute approximate surface area is 145 Å². The monoisotopic (exact) mass is 336 g/mol. The first-order valence-electron chi connectivity index (χ1n) is 8.11. The van der Waals surface area contributed by atoms with Gasteiger partial charge in [-0.3, -0.25) is 9.59 Å². The standard InChI is InChI=1S/C20H20N2O3/c1-13-10-16-11-14(6-7-18(16)22-19(13)23)8-9-21-20(24)15-4-3-5-17(12-15)25-2/h3-7,10-12H,8-9H2,1-2H3,(H,21,24)(H,22,23). The van der Waals surface area contributed by atoms with Gasteiger partial charge in [0.25, 0.3) is 11.5 Å². The summed E-state index contributed by atoms with van der Waals surface area (Å²) in [4.78, 5) is 26.7. The number of fused-ring (bicyclic) bond motifs is 1. The van der Waals surface area contributed by atoms with E-state index in [1.165, 1.54) is 0 Å². The molecule has 0 spiro atoms. The van der Waals surface area contributed by atoms with Crippen molar-refractivity contribution in [3.63, 3.8) is 0 Å². The molecular weight excluding hydrogens is 316 g/mol. The van der Waals surface area contributed by atoms with E-state index in [9.17, 15) is 9.59 Å². The Morgan fingerprint density at radius 3 is 2.80 bits per heavy atom. The normalized spacial score (nSPS) is 10.6. The molecule has 5 nitrogen and oxygen atoms in total. The van der Waals surface area contributed by atoms with Crippen molar-refractivity contribution in [2.24, 2.45) is 0 Å². The van der Waals surface area contributed by atoms with E-state index in [1.54, 1.807) is 38.3 Å². The van der Waals surface area contributed by atoms with Gasteiger partial charge in [-0.1, -0.05) is 12.1 Å². The maximum Gasteiger partial charge on any atom is 0.251 e. The van der Waals surface area contributed by atoms with Gasteiger partial charge in [-0.05, 0) is 60.7 Å². The number of aromatic amines is 1. The SMILES string of the molecule is COc1cccc(C(=O)NCCc2ccc3[nH]c(=O)c(C)cc3c2)c1. The maximum absolute atomic E-state index is 12.2. The lowest BCUT2D eigenvalue weighted by atomic mass is 10.1. The molecule has 0 bridgehead atoms. The summed E-state index contributed by atoms with van der Waals surface area (Å²) in [5.74, 6) is 0.534. The van der Waals surface area contributed by atoms with Crippen LogP contribution >= 0.6 is 0 Å². The lowest BCUT2D eigenvalue weighted by molar-refractivity contribution is 0.0954. The Balaban J connectivity index is 1.65. The van der Waals surface area contributed by atoms with Crippen molar-refractivity contribution in [2.45, 2.75) is 13.3 Å². The Bertz CT molecular complexity index is 976. The number of hydrogen-bond acceptors (Lipinski definition) is 3. The number of pyridine rings is 1. The van der Waals surface area contributed by atoms with Crippen molar-refractivity contribution in [3.8, 4) is 5.75 Å². The zero-order valence-electron chi connectivity index (χ0n) is 14.3. The van der Waals surface area contributed by atoms with E-state index in [1.807, 2.05) is 24.3 Å². The first kappa shape index (κ1) is 16.8. The van der Waals surface area contributed by atoms with Crippen LogP contribution in [0.15, 0.2) is 53.3 Å². The molecule has 128 valence electrons. The number of amides is 1. The van der Waals surface area contributed by atoms with Gasteiger partial charge < -0.3 is 15.0 Å². The quantitative estimate of drug-likeness (QED) is 0.752. The van der Waals surface area contributed by atoms with Crippen LogP contribution < -0.4 is 15.6 Å². The van der Waals surface area contributed by atoms with Crippen LogP contribution in [-0.2, 0) is 6.42 Å². The molecule has 0 saturated carbocycles. The molecule has 1 aromatic heterocycles. The first-order valence-corrected chi connectivity index (χ1v) is 8.11. The number of nitrogens with one attached hydrogen (secondary N) is 2. The van der Waals surface area contributed by atoms with Crippen molar-refractivity contribution in [3.05, 3.63) is 75.6 Å². The van der Waals surface area contributed by atoms with Gasteiger partial charge >= 0.3 is 0 Å². The third-order valence-electron chi connectivity index (χ3n) is 4.13. The summed E-state index contributed by atoms with van der Waals surface area (Å²) in [5, 5.41) is 3.91. The number of hydrogen-bond donors (Lipinski definition) is 2. The Kier molecular flexibility index (Phi) is 4.84. The van der Waals surface area contributed by atoms with Crippen molar-refractivity contribution in [1.29, 1.82) is 0 Å². The fraction of sp³-hybridized carbons (Fsp3) is 0.200. The van der Waals surface area contributed by atoms with Crippen LogP contribution in [0.5, 0.6) is 5.75 Å². The molecule has 0 radical (unpaired) electrons. The maximum atomic E-state index is 12.2. The third-order valence-corrected chi connectivity index (χ3v) is 4.13. The van der Waals surface area contributed by atoms with E-state index in [0.717, 1.165) is 16.5 Å². The topological polar surface area (TPSA) is 71.2 Å². The fourth-order valence-corrected chi connectivity index (χ4v) is 2.71. The highest BCUT2D eigenvalue weighted by Gasteiger charge is 2.06. The van der Waals surface area contributed by atoms with E-state index in [0.29, 0.717) is 29.8 Å². The number of carbonyl (C=O) groups is 1. The molecule has 1 heterocycles. The molecule has 0 aliphatic rings. The first-order chi connectivity index (χ1) is 12.1. The molecule has 5 heteroatoms. The third kappa shape index (κ3) is 3.88. The summed E-state index contributed by atoms with van der Waals surface area (Å²) >= 11 is 0. The molecule has 0 aliphatic carbocycles. The molecule has 0 unspecified atom stereocenters. The molecule has 3 rings (SSSR count). The number of aromatic nitrogens is 1. The molecule has 25 heavy (non-hydrogen) atoms. The van der Waals surface area contributed by atoms with Crippen LogP contribution in [0.4, 0.5) is 0 Å². The minimum atomic E-state index is -0.125. The highest BCUT2D eigenvalue weighted by molar-refractivity contribution is 5.94. The Hall–Kier alpha value is -3.08. The Morgan fingerprint density at radius 2 is 2.00 bits per heavy atom. The smallest absolute Gasteiger partial charge is 0.251 e. The van der Waals surface area contributed by atoms with Crippen molar-refractivity contribution >= 4 is 16.8 Å². The number of rotatable bonds is 5. The number of benzene rings is 2. The van der Waals surface area contributed by atoms with Crippen LogP contribution in [0.2, 0.25) is 0 Å². The van der Waals surface area contributed by atoms with E-state index >= 15 is 0 Å². The summed E-state index contributed by atoms with van der Waals surface area (Å²) in [5.41, 5.74) is 3.12. The molecule has 0 atom stereocenters. The van der Waals surface area contributed by atoms with Gasteiger partial charge in [-0.25, -0.2) is 0 Å². The highest BCUT2D eigenvalue weighted by atomic mass is 16.5. The predicted molar refractivity (Wildman–Crippen MR) is 98.3 cm³/mol. The molecule has 2 aromatic carbocycles. The van der Waals surface area contributed by atoms with Crippen LogP contribution in [-0.4, -0.2) is 24.5 Å². The van der Waals surface area contributed by atoms with E-state index < -0.39 is 0 Å². The van der Waals surface area contributed by atoms with Gasteiger partial charge in [0.2, 0.25) is 0 Å². The van der Waals surface area contributed by atoms with E-state index in [2.05, 4.69) is 10.3 Å². The van der Waals surface area contributed by atoms with Crippen molar-refractivity contribution in [2.75, 3.05) is 13.7 Å². The summed E-state index contributed by atoms with van der Waals surface area (Å²) < 4.78 is 5.13. The summed E-state index contributed by atoms with van der Waals surface area (Å²) in [6.07, 6.45) is 0.712. The van der Waals surface area contributed by atoms with Gasteiger partial charge in [0.05, 0.1) is 7.11 Å². The average Bonchev–Trinajstić information content (AvgIpc) is 2.63. The average molecular weight is 336 g/mol. The summed E-state index contributed by atoms with van der Waals surface area (Å²) in [6.45, 7) is 2.32. The molecule has 0 fully saturated rings. The van der Waals surface area contributed by atoms with Crippen LogP contribution in [0, 0.1) is 6.92 Å². The second kappa shape index (κ2) is 7.21. The van der Waals surface area contributed by atoms with Crippen LogP contribution in [0.3, 0.4) is 0 Å². The van der Waals surface area contributed by atoms with Gasteiger partial charge in [0, 0.05) is 23.2 Å². The van der Waals surface area contributed by atoms with Crippen molar-refractivity contribution < 1.29 is 9.53 Å². The van der Waals surface area contributed by atoms with Crippen LogP contribution in [0.25, 0.3) is 10.9 Å². The largest absolute Gasteiger partial charge is 0.497 e. The van der Waals surface area contributed by atoms with Gasteiger partial charge in [-0.2, -0.15) is 0 Å². The van der Waals surface area contributed by atoms with Crippen LogP contribution in [0.1, 0.15) is 21.5 Å². The number of methoxy groups -OCH3 is 1. The van der Waals surface area contributed by atoms with E-state index in [-0.39, 0.29) is 11.5 Å². The minimum absolute atomic E-state index is 0.0641. The number of carbonyl (C=O) groups excluding carboxylic acids is 1. The second-order valence-electron chi connectivity index (χ2n) is 5.94. The summed E-state index contributed by atoms with van der Waals surface area (Å²) in [6, 6.07) is 14.8. The molecule has 3 aromatic rings. The fourth-order valence-electron chi connectivity index (χ4n) is 2.71. The molecular formula is C20H20N2O3. The number of ether oxygens (including phenoxy) is 1. The predicted octanol–water partition coefficient (Wildman–Crippen LogP) is 2.82.